The summed E-state index contributed by atoms with van der Waals surface area (Å²) in [6.45, 7) is 1.98. The zero-order valence-electron chi connectivity index (χ0n) is 9.90. The summed E-state index contributed by atoms with van der Waals surface area (Å²) in [6, 6.07) is 10.6. The Labute approximate surface area is 100 Å². The molecule has 2 aromatic rings. The third-order valence-corrected chi connectivity index (χ3v) is 2.57. The van der Waals surface area contributed by atoms with E-state index in [2.05, 4.69) is 0 Å². The SMILES string of the molecule is CCc1ccc(C(=O)c2cccc(OC)c2)o1. The van der Waals surface area contributed by atoms with Crippen LogP contribution in [0.3, 0.4) is 0 Å². The lowest BCUT2D eigenvalue weighted by Gasteiger charge is -2.01. The molecule has 0 aliphatic heterocycles. The summed E-state index contributed by atoms with van der Waals surface area (Å²) in [5, 5.41) is 0. The second kappa shape index (κ2) is 4.87. The number of ether oxygens (including phenoxy) is 1. The van der Waals surface area contributed by atoms with Gasteiger partial charge in [0.2, 0.25) is 5.78 Å². The van der Waals surface area contributed by atoms with E-state index in [0.29, 0.717) is 17.1 Å². The molecule has 3 nitrogen and oxygen atoms in total. The summed E-state index contributed by atoms with van der Waals surface area (Å²) >= 11 is 0. The molecule has 0 spiro atoms. The van der Waals surface area contributed by atoms with Crippen LogP contribution >= 0.6 is 0 Å². The molecule has 2 rings (SSSR count). The van der Waals surface area contributed by atoms with Gasteiger partial charge in [0.05, 0.1) is 7.11 Å². The molecule has 0 aliphatic carbocycles. The highest BCUT2D eigenvalue weighted by molar-refractivity contribution is 6.07. The molecule has 3 heteroatoms. The summed E-state index contributed by atoms with van der Waals surface area (Å²) in [7, 11) is 1.58. The van der Waals surface area contributed by atoms with Gasteiger partial charge in [-0.05, 0) is 24.3 Å². The van der Waals surface area contributed by atoms with Gasteiger partial charge in [0, 0.05) is 12.0 Å². The second-order valence-corrected chi connectivity index (χ2v) is 3.68. The number of furan rings is 1. The summed E-state index contributed by atoms with van der Waals surface area (Å²) in [4.78, 5) is 12.1. The molecule has 1 heterocycles. The van der Waals surface area contributed by atoms with Crippen molar-refractivity contribution in [3.63, 3.8) is 0 Å². The Kier molecular flexibility index (Phi) is 3.28. The molecule has 0 saturated heterocycles. The fourth-order valence-corrected chi connectivity index (χ4v) is 1.60. The Bertz CT molecular complexity index is 526. The van der Waals surface area contributed by atoms with E-state index in [9.17, 15) is 4.79 Å². The Hall–Kier alpha value is -2.03. The zero-order valence-corrected chi connectivity index (χ0v) is 9.90. The van der Waals surface area contributed by atoms with Gasteiger partial charge in [-0.3, -0.25) is 4.79 Å². The van der Waals surface area contributed by atoms with Crippen LogP contribution in [-0.2, 0) is 6.42 Å². The van der Waals surface area contributed by atoms with Crippen LogP contribution in [0.25, 0.3) is 0 Å². The molecule has 1 aromatic carbocycles. The number of methoxy groups -OCH3 is 1. The number of carbonyl (C=O) groups is 1. The van der Waals surface area contributed by atoms with Crippen molar-refractivity contribution in [2.75, 3.05) is 7.11 Å². The molecule has 0 amide bonds. The van der Waals surface area contributed by atoms with Crippen LogP contribution < -0.4 is 4.74 Å². The first-order chi connectivity index (χ1) is 8.24. The van der Waals surface area contributed by atoms with Gasteiger partial charge in [-0.15, -0.1) is 0 Å². The molecular formula is C14H14O3. The molecule has 0 atom stereocenters. The highest BCUT2D eigenvalue weighted by Gasteiger charge is 2.13. The number of aryl methyl sites for hydroxylation is 1. The van der Waals surface area contributed by atoms with E-state index in [0.717, 1.165) is 12.2 Å². The summed E-state index contributed by atoms with van der Waals surface area (Å²) in [5.41, 5.74) is 0.571. The zero-order chi connectivity index (χ0) is 12.3. The van der Waals surface area contributed by atoms with Crippen molar-refractivity contribution in [2.24, 2.45) is 0 Å². The summed E-state index contributed by atoms with van der Waals surface area (Å²) in [6.07, 6.45) is 0.783. The van der Waals surface area contributed by atoms with E-state index in [1.807, 2.05) is 13.0 Å². The van der Waals surface area contributed by atoms with Crippen molar-refractivity contribution in [1.82, 2.24) is 0 Å². The summed E-state index contributed by atoms with van der Waals surface area (Å²) < 4.78 is 10.5. The molecule has 0 aliphatic rings. The van der Waals surface area contributed by atoms with Crippen LogP contribution in [0.5, 0.6) is 5.75 Å². The summed E-state index contributed by atoms with van der Waals surface area (Å²) in [5.74, 6) is 1.73. The molecule has 0 radical (unpaired) electrons. The fourth-order valence-electron chi connectivity index (χ4n) is 1.60. The van der Waals surface area contributed by atoms with Crippen LogP contribution in [0.4, 0.5) is 0 Å². The maximum atomic E-state index is 12.1. The van der Waals surface area contributed by atoms with Crippen LogP contribution in [0.2, 0.25) is 0 Å². The third kappa shape index (κ3) is 2.38. The molecule has 0 unspecified atom stereocenters. The van der Waals surface area contributed by atoms with E-state index < -0.39 is 0 Å². The quantitative estimate of drug-likeness (QED) is 0.758. The number of ketones is 1. The van der Waals surface area contributed by atoms with E-state index in [4.69, 9.17) is 9.15 Å². The number of benzene rings is 1. The highest BCUT2D eigenvalue weighted by Crippen LogP contribution is 2.18. The van der Waals surface area contributed by atoms with Crippen molar-refractivity contribution in [3.05, 3.63) is 53.5 Å². The Morgan fingerprint density at radius 3 is 2.76 bits per heavy atom. The smallest absolute Gasteiger partial charge is 0.228 e. The lowest BCUT2D eigenvalue weighted by Crippen LogP contribution is -1.99. The first-order valence-corrected chi connectivity index (χ1v) is 5.52. The maximum Gasteiger partial charge on any atom is 0.228 e. The highest BCUT2D eigenvalue weighted by atomic mass is 16.5. The molecule has 0 fully saturated rings. The van der Waals surface area contributed by atoms with E-state index in [1.54, 1.807) is 37.4 Å². The normalized spacial score (nSPS) is 10.2. The van der Waals surface area contributed by atoms with Crippen LogP contribution in [-0.4, -0.2) is 12.9 Å². The van der Waals surface area contributed by atoms with E-state index >= 15 is 0 Å². The lowest BCUT2D eigenvalue weighted by atomic mass is 10.1. The standard InChI is InChI=1S/C14H14O3/c1-3-11-7-8-13(17-11)14(15)10-5-4-6-12(9-10)16-2/h4-9H,3H2,1-2H3. The van der Waals surface area contributed by atoms with Crippen LogP contribution in [0.1, 0.15) is 28.8 Å². The number of hydrogen-bond donors (Lipinski definition) is 0. The van der Waals surface area contributed by atoms with E-state index in [1.165, 1.54) is 0 Å². The van der Waals surface area contributed by atoms with Gasteiger partial charge in [0.15, 0.2) is 5.76 Å². The van der Waals surface area contributed by atoms with Gasteiger partial charge >= 0.3 is 0 Å². The van der Waals surface area contributed by atoms with Gasteiger partial charge in [-0.25, -0.2) is 0 Å². The van der Waals surface area contributed by atoms with Crippen molar-refractivity contribution >= 4 is 5.78 Å². The minimum atomic E-state index is -0.122. The molecule has 17 heavy (non-hydrogen) atoms. The first-order valence-electron chi connectivity index (χ1n) is 5.52. The van der Waals surface area contributed by atoms with Crippen molar-refractivity contribution in [2.45, 2.75) is 13.3 Å². The molecule has 0 N–H and O–H groups in total. The minimum Gasteiger partial charge on any atom is -0.497 e. The first kappa shape index (κ1) is 11.5. The van der Waals surface area contributed by atoms with Crippen LogP contribution in [0.15, 0.2) is 40.8 Å². The third-order valence-electron chi connectivity index (χ3n) is 2.57. The molecule has 1 aromatic heterocycles. The monoisotopic (exact) mass is 230 g/mol. The van der Waals surface area contributed by atoms with Gasteiger partial charge in [0.25, 0.3) is 0 Å². The second-order valence-electron chi connectivity index (χ2n) is 3.68. The van der Waals surface area contributed by atoms with E-state index in [-0.39, 0.29) is 5.78 Å². The molecule has 0 saturated carbocycles. The van der Waals surface area contributed by atoms with Crippen LogP contribution in [0, 0.1) is 0 Å². The van der Waals surface area contributed by atoms with Crippen molar-refractivity contribution in [1.29, 1.82) is 0 Å². The predicted octanol–water partition coefficient (Wildman–Crippen LogP) is 3.08. The average molecular weight is 230 g/mol. The van der Waals surface area contributed by atoms with Crippen molar-refractivity contribution in [3.8, 4) is 5.75 Å². The topological polar surface area (TPSA) is 39.4 Å². The number of rotatable bonds is 4. The van der Waals surface area contributed by atoms with Gasteiger partial charge < -0.3 is 9.15 Å². The Balaban J connectivity index is 2.29. The Morgan fingerprint density at radius 2 is 2.12 bits per heavy atom. The number of carbonyl (C=O) groups excluding carboxylic acids is 1. The van der Waals surface area contributed by atoms with Gasteiger partial charge in [-0.1, -0.05) is 19.1 Å². The largest absolute Gasteiger partial charge is 0.497 e. The molecule has 88 valence electrons. The van der Waals surface area contributed by atoms with Gasteiger partial charge in [-0.2, -0.15) is 0 Å². The maximum absolute atomic E-state index is 12.1. The average Bonchev–Trinajstić information content (AvgIpc) is 2.86. The Morgan fingerprint density at radius 1 is 1.29 bits per heavy atom. The molecule has 0 bridgehead atoms. The van der Waals surface area contributed by atoms with Crippen molar-refractivity contribution < 1.29 is 13.9 Å². The number of hydrogen-bond acceptors (Lipinski definition) is 3. The van der Waals surface area contributed by atoms with Gasteiger partial charge in [0.1, 0.15) is 11.5 Å². The molecular weight excluding hydrogens is 216 g/mol. The lowest BCUT2D eigenvalue weighted by molar-refractivity contribution is 0.101. The predicted molar refractivity (Wildman–Crippen MR) is 64.5 cm³/mol. The minimum absolute atomic E-state index is 0.122. The fraction of sp³-hybridized carbons (Fsp3) is 0.214.